The maximum Gasteiger partial charge on any atom is 0.338 e. The van der Waals surface area contributed by atoms with E-state index in [0.717, 1.165) is 28.6 Å². The van der Waals surface area contributed by atoms with Gasteiger partial charge in [-0.1, -0.05) is 59.8 Å². The highest BCUT2D eigenvalue weighted by Crippen LogP contribution is 2.41. The van der Waals surface area contributed by atoms with Crippen LogP contribution in [0, 0.1) is 0 Å². The molecule has 0 saturated carbocycles. The fraction of sp³-hybridized carbons (Fsp3) is 0.471. The summed E-state index contributed by atoms with van der Waals surface area (Å²) in [6.45, 7) is 4.31. The Balaban J connectivity index is 2.42. The molecule has 114 valence electrons. The summed E-state index contributed by atoms with van der Waals surface area (Å²) in [4.78, 5) is 12.4. The minimum Gasteiger partial charge on any atom is -0.492 e. The number of rotatable bonds is 6. The summed E-state index contributed by atoms with van der Waals surface area (Å²) in [7, 11) is 0. The Labute approximate surface area is 139 Å². The molecule has 0 unspecified atom stereocenters. The highest BCUT2D eigenvalue weighted by Gasteiger charge is 2.40. The van der Waals surface area contributed by atoms with Crippen molar-refractivity contribution in [2.24, 2.45) is 0 Å². The number of alkyl halides is 1. The lowest BCUT2D eigenvalue weighted by Gasteiger charge is -2.19. The van der Waals surface area contributed by atoms with Crippen molar-refractivity contribution < 1.29 is 14.3 Å². The molecule has 0 bridgehead atoms. The molecular weight excluding hydrogens is 379 g/mol. The van der Waals surface area contributed by atoms with Crippen LogP contribution < -0.4 is 0 Å². The van der Waals surface area contributed by atoms with Gasteiger partial charge in [-0.2, -0.15) is 0 Å². The van der Waals surface area contributed by atoms with E-state index in [1.165, 1.54) is 0 Å². The molecule has 0 radical (unpaired) electrons. The van der Waals surface area contributed by atoms with Crippen molar-refractivity contribution in [1.29, 1.82) is 0 Å². The predicted molar refractivity (Wildman–Crippen MR) is 91.5 cm³/mol. The van der Waals surface area contributed by atoms with E-state index in [9.17, 15) is 4.79 Å². The average molecular weight is 400 g/mol. The number of allylic oxidation sites excluding steroid dienone is 1. The lowest BCUT2D eigenvalue weighted by molar-refractivity contribution is -0.138. The summed E-state index contributed by atoms with van der Waals surface area (Å²) in [5.74, 6) is 0.553. The standard InChI is InChI=1S/C17H21IO3/c1-3-8-13-16(17(19)20-4-2)15(14(11-18)21-13)12-9-6-5-7-10-12/h5-7,9-10,14-15H,3-4,8,11H2,1-2H3/t14-,15+/m1/s1. The van der Waals surface area contributed by atoms with Crippen molar-refractivity contribution in [3.05, 3.63) is 47.2 Å². The largest absolute Gasteiger partial charge is 0.492 e. The normalized spacial score (nSPS) is 21.3. The second-order valence-electron chi connectivity index (χ2n) is 5.01. The van der Waals surface area contributed by atoms with E-state index in [-0.39, 0.29) is 18.0 Å². The van der Waals surface area contributed by atoms with Gasteiger partial charge in [0.25, 0.3) is 0 Å². The molecule has 0 N–H and O–H groups in total. The lowest BCUT2D eigenvalue weighted by atomic mass is 9.87. The first-order valence-corrected chi connectivity index (χ1v) is 8.93. The Kier molecular flexibility index (Phi) is 6.08. The zero-order chi connectivity index (χ0) is 15.2. The lowest BCUT2D eigenvalue weighted by Crippen LogP contribution is -2.22. The predicted octanol–water partition coefficient (Wildman–Crippen LogP) is 4.22. The van der Waals surface area contributed by atoms with Crippen molar-refractivity contribution in [1.82, 2.24) is 0 Å². The smallest absolute Gasteiger partial charge is 0.338 e. The third kappa shape index (κ3) is 3.59. The van der Waals surface area contributed by atoms with Crippen molar-refractivity contribution in [3.8, 4) is 0 Å². The second-order valence-corrected chi connectivity index (χ2v) is 5.89. The maximum atomic E-state index is 12.4. The molecule has 1 aromatic rings. The zero-order valence-electron chi connectivity index (χ0n) is 12.5. The third-order valence-corrected chi connectivity index (χ3v) is 4.43. The molecular formula is C17H21IO3. The van der Waals surface area contributed by atoms with Crippen molar-refractivity contribution >= 4 is 28.6 Å². The van der Waals surface area contributed by atoms with Gasteiger partial charge in [0.1, 0.15) is 11.9 Å². The Morgan fingerprint density at radius 3 is 2.57 bits per heavy atom. The van der Waals surface area contributed by atoms with Crippen LogP contribution in [0.2, 0.25) is 0 Å². The molecule has 2 atom stereocenters. The Bertz CT molecular complexity index is 510. The number of carbonyl (C=O) groups excluding carboxylic acids is 1. The molecule has 0 spiro atoms. The number of ether oxygens (including phenoxy) is 2. The van der Waals surface area contributed by atoms with Crippen LogP contribution in [0.1, 0.15) is 38.2 Å². The molecule has 0 amide bonds. The van der Waals surface area contributed by atoms with Crippen LogP contribution in [-0.4, -0.2) is 23.1 Å². The molecule has 1 aliphatic rings. The van der Waals surface area contributed by atoms with E-state index in [4.69, 9.17) is 9.47 Å². The second kappa shape index (κ2) is 7.82. The minimum atomic E-state index is -0.234. The van der Waals surface area contributed by atoms with Crippen LogP contribution in [0.3, 0.4) is 0 Å². The third-order valence-electron chi connectivity index (χ3n) is 3.56. The van der Waals surface area contributed by atoms with Gasteiger partial charge in [-0.15, -0.1) is 0 Å². The number of hydrogen-bond acceptors (Lipinski definition) is 3. The highest BCUT2D eigenvalue weighted by atomic mass is 127. The van der Waals surface area contributed by atoms with Crippen LogP contribution in [0.5, 0.6) is 0 Å². The number of hydrogen-bond donors (Lipinski definition) is 0. The summed E-state index contributed by atoms with van der Waals surface area (Å²) in [6, 6.07) is 10.1. The van der Waals surface area contributed by atoms with E-state index in [1.54, 1.807) is 0 Å². The molecule has 0 aromatic heterocycles. The van der Waals surface area contributed by atoms with Crippen molar-refractivity contribution in [2.45, 2.75) is 38.7 Å². The number of halogens is 1. The molecule has 21 heavy (non-hydrogen) atoms. The highest BCUT2D eigenvalue weighted by molar-refractivity contribution is 14.1. The topological polar surface area (TPSA) is 35.5 Å². The van der Waals surface area contributed by atoms with Gasteiger partial charge < -0.3 is 9.47 Å². The molecule has 3 nitrogen and oxygen atoms in total. The van der Waals surface area contributed by atoms with Crippen LogP contribution in [0.4, 0.5) is 0 Å². The molecule has 1 aromatic carbocycles. The molecule has 0 saturated heterocycles. The van der Waals surface area contributed by atoms with Gasteiger partial charge in [-0.05, 0) is 18.9 Å². The molecule has 1 heterocycles. The molecule has 0 aliphatic carbocycles. The van der Waals surface area contributed by atoms with Gasteiger partial charge in [0.2, 0.25) is 0 Å². The van der Waals surface area contributed by atoms with Gasteiger partial charge in [0, 0.05) is 10.8 Å². The van der Waals surface area contributed by atoms with Crippen molar-refractivity contribution in [3.63, 3.8) is 0 Å². The van der Waals surface area contributed by atoms with Crippen LogP contribution in [0.15, 0.2) is 41.7 Å². The van der Waals surface area contributed by atoms with E-state index < -0.39 is 0 Å². The molecule has 2 rings (SSSR count). The maximum absolute atomic E-state index is 12.4. The van der Waals surface area contributed by atoms with Gasteiger partial charge in [0.05, 0.1) is 18.1 Å². The fourth-order valence-electron chi connectivity index (χ4n) is 2.71. The van der Waals surface area contributed by atoms with Gasteiger partial charge in [0.15, 0.2) is 0 Å². The first-order valence-electron chi connectivity index (χ1n) is 7.40. The van der Waals surface area contributed by atoms with Crippen molar-refractivity contribution in [2.75, 3.05) is 11.0 Å². The first kappa shape index (κ1) is 16.3. The molecule has 4 heteroatoms. The average Bonchev–Trinajstić information content (AvgIpc) is 2.87. The van der Waals surface area contributed by atoms with E-state index >= 15 is 0 Å². The quantitative estimate of drug-likeness (QED) is 0.408. The minimum absolute atomic E-state index is 0.00829. The number of esters is 1. The van der Waals surface area contributed by atoms with E-state index in [1.807, 2.05) is 25.1 Å². The molecule has 0 fully saturated rings. The van der Waals surface area contributed by atoms with Gasteiger partial charge in [-0.3, -0.25) is 0 Å². The Hall–Kier alpha value is -1.04. The van der Waals surface area contributed by atoms with Gasteiger partial charge >= 0.3 is 5.97 Å². The number of benzene rings is 1. The van der Waals surface area contributed by atoms with E-state index in [0.29, 0.717) is 12.2 Å². The summed E-state index contributed by atoms with van der Waals surface area (Å²) < 4.78 is 12.2. The molecule has 1 aliphatic heterocycles. The van der Waals surface area contributed by atoms with E-state index in [2.05, 4.69) is 41.6 Å². The zero-order valence-corrected chi connectivity index (χ0v) is 14.6. The summed E-state index contributed by atoms with van der Waals surface area (Å²) in [6.07, 6.45) is 1.74. The summed E-state index contributed by atoms with van der Waals surface area (Å²) in [5, 5.41) is 0. The summed E-state index contributed by atoms with van der Waals surface area (Å²) in [5.41, 5.74) is 1.83. The van der Waals surface area contributed by atoms with Crippen LogP contribution >= 0.6 is 22.6 Å². The Morgan fingerprint density at radius 2 is 2.00 bits per heavy atom. The van der Waals surface area contributed by atoms with Gasteiger partial charge in [-0.25, -0.2) is 4.79 Å². The SMILES string of the molecule is CCCC1=C(C(=O)OCC)[C@@H](c2ccccc2)[C@@H](CI)O1. The number of carbonyl (C=O) groups is 1. The fourth-order valence-corrected chi connectivity index (χ4v) is 3.39. The van der Waals surface area contributed by atoms with Crippen LogP contribution in [0.25, 0.3) is 0 Å². The monoisotopic (exact) mass is 400 g/mol. The first-order chi connectivity index (χ1) is 10.2. The Morgan fingerprint density at radius 1 is 1.29 bits per heavy atom. The summed E-state index contributed by atoms with van der Waals surface area (Å²) >= 11 is 2.32. The van der Waals surface area contributed by atoms with Crippen LogP contribution in [-0.2, 0) is 14.3 Å².